The van der Waals surface area contributed by atoms with Crippen LogP contribution in [0.15, 0.2) is 6.08 Å². The first-order valence-electron chi connectivity index (χ1n) is 9.85. The summed E-state index contributed by atoms with van der Waals surface area (Å²) in [6.45, 7) is 6.26. The second-order valence-corrected chi connectivity index (χ2v) is 9.05. The fourth-order valence-electron chi connectivity index (χ4n) is 6.31. The van der Waals surface area contributed by atoms with E-state index in [-0.39, 0.29) is 11.9 Å². The summed E-state index contributed by atoms with van der Waals surface area (Å²) in [4.78, 5) is 12.5. The maximum absolute atomic E-state index is 12.5. The van der Waals surface area contributed by atoms with Crippen LogP contribution in [0.3, 0.4) is 0 Å². The standard InChI is InChI=1S/C21H31N3O/c1-13-19(14(2)24(4)23-13)5-6-20(25)22-15(3)21-10-16-7-17(11-21)9-18(8-16)12-21/h5-6,15-18H,7-12H2,1-4H3,(H,22,25)/b6-5+/t15-,16?,17?,18?,21?/m0/s1. The van der Waals surface area contributed by atoms with Crippen molar-refractivity contribution in [2.75, 3.05) is 0 Å². The summed E-state index contributed by atoms with van der Waals surface area (Å²) >= 11 is 0. The number of hydrogen-bond acceptors (Lipinski definition) is 2. The Balaban J connectivity index is 1.43. The summed E-state index contributed by atoms with van der Waals surface area (Å²) in [6.07, 6.45) is 11.9. The Morgan fingerprint density at radius 2 is 1.76 bits per heavy atom. The molecule has 1 atom stereocenters. The van der Waals surface area contributed by atoms with E-state index < -0.39 is 0 Å². The molecule has 0 aliphatic heterocycles. The van der Waals surface area contributed by atoms with Crippen molar-refractivity contribution in [2.24, 2.45) is 30.2 Å². The molecular formula is C21H31N3O. The van der Waals surface area contributed by atoms with Gasteiger partial charge < -0.3 is 5.32 Å². The lowest BCUT2D eigenvalue weighted by Gasteiger charge is -2.59. The molecule has 1 aromatic rings. The van der Waals surface area contributed by atoms with Gasteiger partial charge in [-0.05, 0) is 88.5 Å². The van der Waals surface area contributed by atoms with Crippen molar-refractivity contribution in [3.05, 3.63) is 23.0 Å². The van der Waals surface area contributed by atoms with Crippen LogP contribution in [0.4, 0.5) is 0 Å². The fourth-order valence-corrected chi connectivity index (χ4v) is 6.31. The summed E-state index contributed by atoms with van der Waals surface area (Å²) in [5.74, 6) is 2.79. The number of nitrogens with zero attached hydrogens (tertiary/aromatic N) is 2. The Hall–Kier alpha value is -1.58. The van der Waals surface area contributed by atoms with E-state index in [1.807, 2.05) is 31.7 Å². The summed E-state index contributed by atoms with van der Waals surface area (Å²) < 4.78 is 1.87. The highest BCUT2D eigenvalue weighted by Gasteiger charge is 2.53. The average Bonchev–Trinajstić information content (AvgIpc) is 2.76. The van der Waals surface area contributed by atoms with Gasteiger partial charge >= 0.3 is 0 Å². The van der Waals surface area contributed by atoms with Gasteiger partial charge in [0.15, 0.2) is 0 Å². The second-order valence-electron chi connectivity index (χ2n) is 9.05. The van der Waals surface area contributed by atoms with Crippen LogP contribution in [0.2, 0.25) is 0 Å². The highest BCUT2D eigenvalue weighted by atomic mass is 16.1. The zero-order valence-electron chi connectivity index (χ0n) is 16.0. The van der Waals surface area contributed by atoms with E-state index in [4.69, 9.17) is 0 Å². The number of hydrogen-bond donors (Lipinski definition) is 1. The third kappa shape index (κ3) is 2.94. The van der Waals surface area contributed by atoms with E-state index in [0.29, 0.717) is 5.41 Å². The first-order chi connectivity index (χ1) is 11.9. The highest BCUT2D eigenvalue weighted by Crippen LogP contribution is 2.61. The summed E-state index contributed by atoms with van der Waals surface area (Å²) in [5.41, 5.74) is 3.48. The van der Waals surface area contributed by atoms with Crippen LogP contribution in [0.1, 0.15) is 62.4 Å². The second kappa shape index (κ2) is 6.00. The molecule has 0 spiro atoms. The topological polar surface area (TPSA) is 46.9 Å². The third-order valence-corrected chi connectivity index (χ3v) is 7.33. The minimum absolute atomic E-state index is 0.0332. The van der Waals surface area contributed by atoms with Crippen LogP contribution < -0.4 is 5.32 Å². The molecule has 4 aliphatic rings. The lowest BCUT2D eigenvalue weighted by molar-refractivity contribution is -0.121. The number of rotatable bonds is 4. The quantitative estimate of drug-likeness (QED) is 0.848. The first-order valence-corrected chi connectivity index (χ1v) is 9.85. The molecule has 4 bridgehead atoms. The van der Waals surface area contributed by atoms with Crippen LogP contribution in [0.5, 0.6) is 0 Å². The van der Waals surface area contributed by atoms with Crippen LogP contribution in [0.25, 0.3) is 6.08 Å². The van der Waals surface area contributed by atoms with Gasteiger partial charge in [0.1, 0.15) is 0 Å². The Bertz CT molecular complexity index is 680. The molecule has 0 saturated heterocycles. The van der Waals surface area contributed by atoms with Gasteiger partial charge in [0.2, 0.25) is 5.91 Å². The SMILES string of the molecule is Cc1nn(C)c(C)c1/C=C/C(=O)N[C@@H](C)C12CC3CC(CC(C3)C1)C2. The molecule has 5 rings (SSSR count). The summed E-state index contributed by atoms with van der Waals surface area (Å²) in [7, 11) is 1.94. The number of nitrogens with one attached hydrogen (secondary N) is 1. The Labute approximate surface area is 151 Å². The van der Waals surface area contributed by atoms with E-state index in [1.54, 1.807) is 6.08 Å². The Kier molecular flexibility index (Phi) is 4.04. The molecule has 0 unspecified atom stereocenters. The molecule has 1 aromatic heterocycles. The van der Waals surface area contributed by atoms with Gasteiger partial charge in [0.05, 0.1) is 5.69 Å². The predicted octanol–water partition coefficient (Wildman–Crippen LogP) is 3.77. The molecule has 1 amide bonds. The largest absolute Gasteiger partial charge is 0.350 e. The maximum atomic E-state index is 12.5. The van der Waals surface area contributed by atoms with Gasteiger partial charge in [0.25, 0.3) is 0 Å². The van der Waals surface area contributed by atoms with E-state index >= 15 is 0 Å². The Morgan fingerprint density at radius 3 is 2.24 bits per heavy atom. The van der Waals surface area contributed by atoms with E-state index in [2.05, 4.69) is 17.3 Å². The van der Waals surface area contributed by atoms with Crippen LogP contribution in [-0.4, -0.2) is 21.7 Å². The lowest BCUT2D eigenvalue weighted by atomic mass is 9.48. The molecule has 4 nitrogen and oxygen atoms in total. The molecular weight excluding hydrogens is 310 g/mol. The van der Waals surface area contributed by atoms with Crippen molar-refractivity contribution in [3.63, 3.8) is 0 Å². The highest BCUT2D eigenvalue weighted by molar-refractivity contribution is 5.92. The van der Waals surface area contributed by atoms with E-state index in [0.717, 1.165) is 34.7 Å². The van der Waals surface area contributed by atoms with Gasteiger partial charge in [0, 0.05) is 30.4 Å². The van der Waals surface area contributed by atoms with Gasteiger partial charge in [-0.2, -0.15) is 5.10 Å². The predicted molar refractivity (Wildman–Crippen MR) is 99.9 cm³/mol. The number of carbonyl (C=O) groups is 1. The molecule has 136 valence electrons. The molecule has 4 fully saturated rings. The molecule has 1 N–H and O–H groups in total. The van der Waals surface area contributed by atoms with Crippen molar-refractivity contribution in [1.82, 2.24) is 15.1 Å². The van der Waals surface area contributed by atoms with Crippen molar-refractivity contribution in [3.8, 4) is 0 Å². The zero-order valence-corrected chi connectivity index (χ0v) is 16.0. The monoisotopic (exact) mass is 341 g/mol. The normalized spacial score (nSPS) is 34.6. The van der Waals surface area contributed by atoms with Crippen molar-refractivity contribution in [1.29, 1.82) is 0 Å². The number of amides is 1. The lowest BCUT2D eigenvalue weighted by Crippen LogP contribution is -2.55. The van der Waals surface area contributed by atoms with Crippen molar-refractivity contribution >= 4 is 12.0 Å². The molecule has 0 radical (unpaired) electrons. The number of aryl methyl sites for hydroxylation is 2. The minimum Gasteiger partial charge on any atom is -0.350 e. The molecule has 4 saturated carbocycles. The number of aromatic nitrogens is 2. The third-order valence-electron chi connectivity index (χ3n) is 7.33. The first kappa shape index (κ1) is 16.9. The van der Waals surface area contributed by atoms with Gasteiger partial charge in [-0.1, -0.05) is 0 Å². The zero-order chi connectivity index (χ0) is 17.8. The van der Waals surface area contributed by atoms with Crippen LogP contribution in [-0.2, 0) is 11.8 Å². The Morgan fingerprint density at radius 1 is 1.20 bits per heavy atom. The molecule has 0 aromatic carbocycles. The van der Waals surface area contributed by atoms with E-state index in [1.165, 1.54) is 38.5 Å². The number of carbonyl (C=O) groups excluding carboxylic acids is 1. The average molecular weight is 341 g/mol. The van der Waals surface area contributed by atoms with Gasteiger partial charge in [-0.15, -0.1) is 0 Å². The maximum Gasteiger partial charge on any atom is 0.244 e. The van der Waals surface area contributed by atoms with Crippen LogP contribution in [0, 0.1) is 37.0 Å². The summed E-state index contributed by atoms with van der Waals surface area (Å²) in [6, 6.07) is 0.272. The van der Waals surface area contributed by atoms with Crippen LogP contribution >= 0.6 is 0 Å². The summed E-state index contributed by atoms with van der Waals surface area (Å²) in [5, 5.41) is 7.71. The smallest absolute Gasteiger partial charge is 0.244 e. The van der Waals surface area contributed by atoms with E-state index in [9.17, 15) is 4.79 Å². The van der Waals surface area contributed by atoms with Crippen molar-refractivity contribution in [2.45, 2.75) is 65.3 Å². The van der Waals surface area contributed by atoms with Crippen molar-refractivity contribution < 1.29 is 4.79 Å². The molecule has 1 heterocycles. The molecule has 4 heteroatoms. The van der Waals surface area contributed by atoms with Gasteiger partial charge in [-0.3, -0.25) is 9.48 Å². The molecule has 4 aliphatic carbocycles. The fraction of sp³-hybridized carbons (Fsp3) is 0.714. The minimum atomic E-state index is 0.0332. The van der Waals surface area contributed by atoms with Gasteiger partial charge in [-0.25, -0.2) is 0 Å². The molecule has 25 heavy (non-hydrogen) atoms.